The van der Waals surface area contributed by atoms with Gasteiger partial charge >= 0.3 is 0 Å². The van der Waals surface area contributed by atoms with Gasteiger partial charge in [-0.1, -0.05) is 31.5 Å². The zero-order valence-electron chi connectivity index (χ0n) is 13.4. The average Bonchev–Trinajstić information content (AvgIpc) is 2.53. The van der Waals surface area contributed by atoms with Gasteiger partial charge in [0.15, 0.2) is 11.5 Å². The molecule has 0 bridgehead atoms. The van der Waals surface area contributed by atoms with Crippen LogP contribution in [0.3, 0.4) is 0 Å². The molecule has 0 aliphatic heterocycles. The molecule has 0 radical (unpaired) electrons. The van der Waals surface area contributed by atoms with Gasteiger partial charge in [-0.25, -0.2) is 4.39 Å². The van der Waals surface area contributed by atoms with Gasteiger partial charge in [-0.3, -0.25) is 0 Å². The molecule has 0 saturated carbocycles. The molecule has 0 N–H and O–H groups in total. The summed E-state index contributed by atoms with van der Waals surface area (Å²) in [5.41, 5.74) is 0. The lowest BCUT2D eigenvalue weighted by molar-refractivity contribution is 0.218. The van der Waals surface area contributed by atoms with Crippen LogP contribution in [-0.4, -0.2) is 31.1 Å². The molecule has 0 fully saturated rings. The quantitative estimate of drug-likeness (QED) is 0.677. The Morgan fingerprint density at radius 2 is 1.83 bits per heavy atom. The van der Waals surface area contributed by atoms with Gasteiger partial charge in [0.2, 0.25) is 0 Å². The van der Waals surface area contributed by atoms with Crippen molar-refractivity contribution < 1.29 is 13.9 Å². The summed E-state index contributed by atoms with van der Waals surface area (Å²) in [6.45, 7) is 7.47. The zero-order chi connectivity index (χ0) is 16.7. The van der Waals surface area contributed by atoms with E-state index in [4.69, 9.17) is 21.1 Å². The largest absolute Gasteiger partial charge is 0.488 e. The van der Waals surface area contributed by atoms with Crippen molar-refractivity contribution in [2.75, 3.05) is 26.2 Å². The summed E-state index contributed by atoms with van der Waals surface area (Å²) in [5.74, 6) is 1.01. The maximum atomic E-state index is 13.5. The van der Waals surface area contributed by atoms with E-state index in [9.17, 15) is 4.39 Å². The number of rotatable bonds is 8. The Labute approximate surface area is 141 Å². The molecule has 124 valence electrons. The van der Waals surface area contributed by atoms with Crippen LogP contribution in [0.1, 0.15) is 13.8 Å². The summed E-state index contributed by atoms with van der Waals surface area (Å²) in [7, 11) is 0. The topological polar surface area (TPSA) is 21.7 Å². The Hall–Kier alpha value is -1.78. The summed E-state index contributed by atoms with van der Waals surface area (Å²) in [5, 5.41) is 0.558. The molecular formula is C18H21ClFNO2. The van der Waals surface area contributed by atoms with E-state index in [1.54, 1.807) is 30.3 Å². The van der Waals surface area contributed by atoms with Crippen molar-refractivity contribution in [2.45, 2.75) is 13.8 Å². The molecule has 3 nitrogen and oxygen atoms in total. The monoisotopic (exact) mass is 337 g/mol. The van der Waals surface area contributed by atoms with Gasteiger partial charge in [0, 0.05) is 17.6 Å². The van der Waals surface area contributed by atoms with E-state index >= 15 is 0 Å². The fourth-order valence-corrected chi connectivity index (χ4v) is 2.34. The zero-order valence-corrected chi connectivity index (χ0v) is 14.1. The summed E-state index contributed by atoms with van der Waals surface area (Å²) in [4.78, 5) is 2.25. The summed E-state index contributed by atoms with van der Waals surface area (Å²) in [6, 6.07) is 11.2. The second kappa shape index (κ2) is 8.75. The molecule has 5 heteroatoms. The smallest absolute Gasteiger partial charge is 0.172 e. The third-order valence-electron chi connectivity index (χ3n) is 3.49. The number of ether oxygens (including phenoxy) is 2. The lowest BCUT2D eigenvalue weighted by atomic mass is 10.3. The maximum Gasteiger partial charge on any atom is 0.172 e. The minimum Gasteiger partial charge on any atom is -0.488 e. The summed E-state index contributed by atoms with van der Waals surface area (Å²) in [6.07, 6.45) is 0. The van der Waals surface area contributed by atoms with Crippen LogP contribution in [0.4, 0.5) is 4.39 Å². The van der Waals surface area contributed by atoms with E-state index in [0.717, 1.165) is 19.6 Å². The second-order valence-electron chi connectivity index (χ2n) is 5.03. The van der Waals surface area contributed by atoms with Crippen LogP contribution in [0.5, 0.6) is 17.2 Å². The Balaban J connectivity index is 2.08. The van der Waals surface area contributed by atoms with Gasteiger partial charge in [-0.05, 0) is 43.4 Å². The third kappa shape index (κ3) is 5.41. The highest BCUT2D eigenvalue weighted by atomic mass is 35.5. The predicted molar refractivity (Wildman–Crippen MR) is 91.2 cm³/mol. The van der Waals surface area contributed by atoms with Crippen molar-refractivity contribution in [2.24, 2.45) is 0 Å². The first-order valence-corrected chi connectivity index (χ1v) is 8.08. The molecule has 0 heterocycles. The van der Waals surface area contributed by atoms with Gasteiger partial charge in [0.25, 0.3) is 0 Å². The molecular weight excluding hydrogens is 317 g/mol. The highest BCUT2D eigenvalue weighted by Gasteiger charge is 2.09. The minimum atomic E-state index is -0.377. The molecule has 2 aromatic carbocycles. The van der Waals surface area contributed by atoms with Crippen molar-refractivity contribution in [3.8, 4) is 17.2 Å². The SMILES string of the molecule is CCN(CC)CCOc1ccc(F)cc1Oc1cccc(Cl)c1. The van der Waals surface area contributed by atoms with Crippen LogP contribution >= 0.6 is 11.6 Å². The van der Waals surface area contributed by atoms with Gasteiger partial charge in [0.05, 0.1) is 0 Å². The standard InChI is InChI=1S/C18H21ClFNO2/c1-3-21(4-2)10-11-22-17-9-8-15(20)13-18(17)23-16-7-5-6-14(19)12-16/h5-9,12-13H,3-4,10-11H2,1-2H3. The second-order valence-corrected chi connectivity index (χ2v) is 5.46. The lowest BCUT2D eigenvalue weighted by Crippen LogP contribution is -2.27. The van der Waals surface area contributed by atoms with Crippen molar-refractivity contribution in [3.63, 3.8) is 0 Å². The Morgan fingerprint density at radius 3 is 2.52 bits per heavy atom. The van der Waals surface area contributed by atoms with Crippen molar-refractivity contribution in [1.29, 1.82) is 0 Å². The number of benzene rings is 2. The summed E-state index contributed by atoms with van der Waals surface area (Å²) < 4.78 is 25.0. The van der Waals surface area contributed by atoms with E-state index in [1.165, 1.54) is 12.1 Å². The van der Waals surface area contributed by atoms with Crippen LogP contribution in [0, 0.1) is 5.82 Å². The fourth-order valence-electron chi connectivity index (χ4n) is 2.16. The van der Waals surface area contributed by atoms with Crippen LogP contribution < -0.4 is 9.47 Å². The predicted octanol–water partition coefficient (Wildman–Crippen LogP) is 4.99. The first-order valence-electron chi connectivity index (χ1n) is 7.70. The number of hydrogen-bond donors (Lipinski definition) is 0. The minimum absolute atomic E-state index is 0.340. The van der Waals surface area contributed by atoms with Gasteiger partial charge < -0.3 is 14.4 Å². The molecule has 2 rings (SSSR count). The van der Waals surface area contributed by atoms with Crippen LogP contribution in [0.15, 0.2) is 42.5 Å². The van der Waals surface area contributed by atoms with E-state index in [2.05, 4.69) is 18.7 Å². The molecule has 0 aliphatic rings. The maximum absolute atomic E-state index is 13.5. The highest BCUT2D eigenvalue weighted by Crippen LogP contribution is 2.33. The van der Waals surface area contributed by atoms with Crippen molar-refractivity contribution in [3.05, 3.63) is 53.3 Å². The van der Waals surface area contributed by atoms with Gasteiger partial charge in [-0.2, -0.15) is 0 Å². The Bertz CT molecular complexity index is 632. The Morgan fingerprint density at radius 1 is 1.04 bits per heavy atom. The first kappa shape index (κ1) is 17.6. The molecule has 23 heavy (non-hydrogen) atoms. The Kier molecular flexibility index (Phi) is 6.68. The lowest BCUT2D eigenvalue weighted by Gasteiger charge is -2.19. The van der Waals surface area contributed by atoms with Gasteiger partial charge in [0.1, 0.15) is 18.2 Å². The fraction of sp³-hybridized carbons (Fsp3) is 0.333. The number of hydrogen-bond acceptors (Lipinski definition) is 3. The highest BCUT2D eigenvalue weighted by molar-refractivity contribution is 6.30. The normalized spacial score (nSPS) is 10.8. The molecule has 0 spiro atoms. The van der Waals surface area contributed by atoms with E-state index in [1.807, 2.05) is 0 Å². The first-order chi connectivity index (χ1) is 11.1. The van der Waals surface area contributed by atoms with E-state index in [0.29, 0.717) is 28.9 Å². The van der Waals surface area contributed by atoms with Crippen LogP contribution in [0.2, 0.25) is 5.02 Å². The number of likely N-dealkylation sites (N-methyl/N-ethyl adjacent to an activating group) is 1. The molecule has 0 aliphatic carbocycles. The third-order valence-corrected chi connectivity index (χ3v) is 3.72. The van der Waals surface area contributed by atoms with E-state index < -0.39 is 0 Å². The molecule has 2 aromatic rings. The number of halogens is 2. The molecule has 0 amide bonds. The van der Waals surface area contributed by atoms with Crippen LogP contribution in [-0.2, 0) is 0 Å². The van der Waals surface area contributed by atoms with Crippen molar-refractivity contribution >= 4 is 11.6 Å². The van der Waals surface area contributed by atoms with E-state index in [-0.39, 0.29) is 5.82 Å². The molecule has 0 saturated heterocycles. The molecule has 0 aromatic heterocycles. The number of nitrogens with zero attached hydrogens (tertiary/aromatic N) is 1. The van der Waals surface area contributed by atoms with Gasteiger partial charge in [-0.15, -0.1) is 0 Å². The summed E-state index contributed by atoms with van der Waals surface area (Å²) >= 11 is 5.94. The van der Waals surface area contributed by atoms with Crippen molar-refractivity contribution in [1.82, 2.24) is 4.90 Å². The van der Waals surface area contributed by atoms with Crippen LogP contribution in [0.25, 0.3) is 0 Å². The average molecular weight is 338 g/mol. The molecule has 0 unspecified atom stereocenters. The molecule has 0 atom stereocenters.